The fourth-order valence-electron chi connectivity index (χ4n) is 2.45. The van der Waals surface area contributed by atoms with Gasteiger partial charge in [-0.2, -0.15) is 0 Å². The molecule has 0 aromatic heterocycles. The fourth-order valence-corrected chi connectivity index (χ4v) is 2.45. The van der Waals surface area contributed by atoms with Crippen LogP contribution in [0.4, 0.5) is 0 Å². The third kappa shape index (κ3) is 1.90. The highest BCUT2D eigenvalue weighted by atomic mass is 16.2. The Morgan fingerprint density at radius 3 is 2.46 bits per heavy atom. The van der Waals surface area contributed by atoms with Crippen LogP contribution in [0.3, 0.4) is 0 Å². The number of Topliss-reactive ketones (excluding diaryl/α,β-unsaturated/α-hetero) is 1. The fraction of sp³-hybridized carbons (Fsp3) is 0.800. The van der Waals surface area contributed by atoms with Gasteiger partial charge in [0, 0.05) is 12.5 Å². The van der Waals surface area contributed by atoms with Gasteiger partial charge in [0.05, 0.1) is 6.42 Å². The zero-order chi connectivity index (χ0) is 9.26. The van der Waals surface area contributed by atoms with E-state index in [0.29, 0.717) is 12.3 Å². The van der Waals surface area contributed by atoms with Crippen LogP contribution < -0.4 is 5.32 Å². The number of nitrogens with one attached hydrogen (secondary N) is 1. The van der Waals surface area contributed by atoms with E-state index in [9.17, 15) is 9.59 Å². The number of carbonyl (C=O) groups is 2. The maximum absolute atomic E-state index is 11.2. The minimum atomic E-state index is -0.0758. The van der Waals surface area contributed by atoms with Crippen molar-refractivity contribution in [2.75, 3.05) is 0 Å². The molecule has 1 heterocycles. The molecule has 2 aliphatic rings. The predicted octanol–water partition coefficient (Wildman–Crippen LogP) is 1.02. The summed E-state index contributed by atoms with van der Waals surface area (Å²) in [6.07, 6.45) is 5.53. The first-order chi connectivity index (χ1) is 6.25. The highest BCUT2D eigenvalue weighted by Crippen LogP contribution is 2.30. The molecule has 0 aromatic rings. The average molecular weight is 181 g/mol. The van der Waals surface area contributed by atoms with Gasteiger partial charge in [0.2, 0.25) is 5.91 Å². The number of ketones is 1. The van der Waals surface area contributed by atoms with E-state index in [1.807, 2.05) is 0 Å². The van der Waals surface area contributed by atoms with Gasteiger partial charge in [-0.25, -0.2) is 0 Å². The van der Waals surface area contributed by atoms with Crippen molar-refractivity contribution in [2.45, 2.75) is 44.6 Å². The van der Waals surface area contributed by atoms with Crippen LogP contribution in [-0.2, 0) is 9.59 Å². The van der Waals surface area contributed by atoms with Crippen molar-refractivity contribution in [1.82, 2.24) is 5.32 Å². The molecule has 72 valence electrons. The van der Waals surface area contributed by atoms with E-state index in [1.165, 1.54) is 25.7 Å². The van der Waals surface area contributed by atoms with Gasteiger partial charge in [0.1, 0.15) is 5.78 Å². The maximum Gasteiger partial charge on any atom is 0.227 e. The standard InChI is InChI=1S/C10H15NO2/c12-8-5-9(11-10(13)6-8)7-3-1-2-4-7/h7,9H,1-6H2,(H,11,13). The van der Waals surface area contributed by atoms with E-state index < -0.39 is 0 Å². The van der Waals surface area contributed by atoms with Gasteiger partial charge in [-0.1, -0.05) is 12.8 Å². The summed E-state index contributed by atoms with van der Waals surface area (Å²) in [4.78, 5) is 22.3. The first-order valence-electron chi connectivity index (χ1n) is 5.07. The smallest absolute Gasteiger partial charge is 0.227 e. The molecular formula is C10H15NO2. The van der Waals surface area contributed by atoms with Crippen molar-refractivity contribution in [3.63, 3.8) is 0 Å². The van der Waals surface area contributed by atoms with Gasteiger partial charge in [-0.15, -0.1) is 0 Å². The summed E-state index contributed by atoms with van der Waals surface area (Å²) in [6, 6.07) is 0.149. The zero-order valence-corrected chi connectivity index (χ0v) is 7.71. The van der Waals surface area contributed by atoms with Crippen LogP contribution in [0.15, 0.2) is 0 Å². The largest absolute Gasteiger partial charge is 0.352 e. The lowest BCUT2D eigenvalue weighted by Gasteiger charge is -2.27. The van der Waals surface area contributed by atoms with Crippen LogP contribution >= 0.6 is 0 Å². The minimum Gasteiger partial charge on any atom is -0.352 e. The summed E-state index contributed by atoms with van der Waals surface area (Å²) >= 11 is 0. The van der Waals surface area contributed by atoms with Gasteiger partial charge >= 0.3 is 0 Å². The number of carbonyl (C=O) groups excluding carboxylic acids is 2. The quantitative estimate of drug-likeness (QED) is 0.614. The summed E-state index contributed by atoms with van der Waals surface area (Å²) in [6.45, 7) is 0. The Bertz CT molecular complexity index is 215. The van der Waals surface area contributed by atoms with Gasteiger partial charge in [-0.3, -0.25) is 9.59 Å². The lowest BCUT2D eigenvalue weighted by molar-refractivity contribution is -0.132. The van der Waals surface area contributed by atoms with Crippen LogP contribution in [0, 0.1) is 5.92 Å². The topological polar surface area (TPSA) is 46.2 Å². The number of amides is 1. The second-order valence-electron chi connectivity index (χ2n) is 4.14. The van der Waals surface area contributed by atoms with E-state index in [-0.39, 0.29) is 24.2 Å². The SMILES string of the molecule is O=C1CC(=O)NC(C2CCCC2)C1. The Labute approximate surface area is 77.9 Å². The van der Waals surface area contributed by atoms with E-state index in [1.54, 1.807) is 0 Å². The van der Waals surface area contributed by atoms with Crippen molar-refractivity contribution in [3.05, 3.63) is 0 Å². The van der Waals surface area contributed by atoms with Gasteiger partial charge in [0.15, 0.2) is 0 Å². The summed E-state index contributed by atoms with van der Waals surface area (Å²) in [5, 5.41) is 2.93. The van der Waals surface area contributed by atoms with Gasteiger partial charge < -0.3 is 5.32 Å². The van der Waals surface area contributed by atoms with Gasteiger partial charge in [-0.05, 0) is 18.8 Å². The van der Waals surface area contributed by atoms with E-state index in [0.717, 1.165) is 0 Å². The lowest BCUT2D eigenvalue weighted by Crippen LogP contribution is -2.46. The van der Waals surface area contributed by atoms with Crippen LogP contribution in [-0.4, -0.2) is 17.7 Å². The molecule has 1 unspecified atom stereocenters. The van der Waals surface area contributed by atoms with E-state index in [4.69, 9.17) is 0 Å². The van der Waals surface area contributed by atoms with E-state index in [2.05, 4.69) is 5.32 Å². The molecular weight excluding hydrogens is 166 g/mol. The highest BCUT2D eigenvalue weighted by Gasteiger charge is 2.31. The Kier molecular flexibility index (Phi) is 2.34. The second kappa shape index (κ2) is 3.48. The number of piperidine rings is 1. The lowest BCUT2D eigenvalue weighted by atomic mass is 9.90. The Morgan fingerprint density at radius 1 is 1.15 bits per heavy atom. The molecule has 1 N–H and O–H groups in total. The van der Waals surface area contributed by atoms with Crippen molar-refractivity contribution in [2.24, 2.45) is 5.92 Å². The van der Waals surface area contributed by atoms with E-state index >= 15 is 0 Å². The van der Waals surface area contributed by atoms with Crippen molar-refractivity contribution >= 4 is 11.7 Å². The average Bonchev–Trinajstić information content (AvgIpc) is 2.53. The maximum atomic E-state index is 11.2. The molecule has 0 radical (unpaired) electrons. The van der Waals surface area contributed by atoms with Crippen LogP contribution in [0.1, 0.15) is 38.5 Å². The Balaban J connectivity index is 1.97. The highest BCUT2D eigenvalue weighted by molar-refractivity contribution is 6.00. The molecule has 2 rings (SSSR count). The summed E-state index contributed by atoms with van der Waals surface area (Å²) in [5.41, 5.74) is 0. The monoisotopic (exact) mass is 181 g/mol. The van der Waals surface area contributed by atoms with Crippen LogP contribution in [0.25, 0.3) is 0 Å². The molecule has 1 aliphatic heterocycles. The normalized spacial score (nSPS) is 30.6. The molecule has 3 heteroatoms. The Hall–Kier alpha value is -0.860. The summed E-state index contributed by atoms with van der Waals surface area (Å²) in [7, 11) is 0. The second-order valence-corrected chi connectivity index (χ2v) is 4.14. The molecule has 1 saturated carbocycles. The minimum absolute atomic E-state index is 0.0758. The first-order valence-corrected chi connectivity index (χ1v) is 5.07. The number of rotatable bonds is 1. The molecule has 13 heavy (non-hydrogen) atoms. The molecule has 0 aromatic carbocycles. The molecule has 1 amide bonds. The van der Waals surface area contributed by atoms with Crippen molar-refractivity contribution < 1.29 is 9.59 Å². The summed E-state index contributed by atoms with van der Waals surface area (Å²) in [5.74, 6) is 0.599. The molecule has 1 aliphatic carbocycles. The number of hydrogen-bond acceptors (Lipinski definition) is 2. The molecule has 1 atom stereocenters. The summed E-state index contributed by atoms with van der Waals surface area (Å²) < 4.78 is 0. The zero-order valence-electron chi connectivity index (χ0n) is 7.71. The molecule has 0 bridgehead atoms. The third-order valence-corrected chi connectivity index (χ3v) is 3.12. The van der Waals surface area contributed by atoms with Crippen LogP contribution in [0.5, 0.6) is 0 Å². The molecule has 1 saturated heterocycles. The predicted molar refractivity (Wildman–Crippen MR) is 48.1 cm³/mol. The van der Waals surface area contributed by atoms with Crippen molar-refractivity contribution in [3.8, 4) is 0 Å². The first kappa shape index (κ1) is 8.73. The molecule has 0 spiro atoms. The van der Waals surface area contributed by atoms with Crippen molar-refractivity contribution in [1.29, 1.82) is 0 Å². The van der Waals surface area contributed by atoms with Gasteiger partial charge in [0.25, 0.3) is 0 Å². The molecule has 2 fully saturated rings. The molecule has 3 nitrogen and oxygen atoms in total. The third-order valence-electron chi connectivity index (χ3n) is 3.12. The van der Waals surface area contributed by atoms with Crippen LogP contribution in [0.2, 0.25) is 0 Å². The Morgan fingerprint density at radius 2 is 1.85 bits per heavy atom. The number of hydrogen-bond donors (Lipinski definition) is 1.